The van der Waals surface area contributed by atoms with Crippen LogP contribution in [-0.4, -0.2) is 41.5 Å². The molecule has 0 aliphatic carbocycles. The monoisotopic (exact) mass is 403 g/mol. The summed E-state index contributed by atoms with van der Waals surface area (Å²) in [5, 5.41) is 23.3. The molecule has 0 aromatic heterocycles. The van der Waals surface area contributed by atoms with Gasteiger partial charge in [-0.1, -0.05) is 79.9 Å². The molecule has 1 aromatic carbocycles. The molecule has 29 heavy (non-hydrogen) atoms. The van der Waals surface area contributed by atoms with Gasteiger partial charge in [0.05, 0.1) is 19.3 Å². The molecule has 3 unspecified atom stereocenters. The second-order valence-electron chi connectivity index (χ2n) is 7.04. The van der Waals surface area contributed by atoms with E-state index in [1.54, 1.807) is 18.2 Å². The second kappa shape index (κ2) is 14.7. The van der Waals surface area contributed by atoms with E-state index in [1.165, 1.54) is 7.11 Å². The maximum atomic E-state index is 11.1. The normalized spacial score (nSPS) is 14.8. The number of ether oxygens (including phenoxy) is 1. The number of carbonyl (C=O) groups is 1. The molecule has 0 spiro atoms. The first kappa shape index (κ1) is 24.7. The molecule has 1 rings (SSSR count). The van der Waals surface area contributed by atoms with E-state index in [0.29, 0.717) is 6.42 Å². The van der Waals surface area contributed by atoms with Crippen LogP contribution in [0.1, 0.15) is 63.0 Å². The molecule has 0 amide bonds. The van der Waals surface area contributed by atoms with Crippen molar-refractivity contribution in [2.45, 2.75) is 70.1 Å². The van der Waals surface area contributed by atoms with Gasteiger partial charge in [-0.05, 0) is 30.4 Å². The summed E-state index contributed by atoms with van der Waals surface area (Å²) < 4.78 is 4.56. The van der Waals surface area contributed by atoms with Crippen molar-refractivity contribution in [1.82, 2.24) is 0 Å². The maximum Gasteiger partial charge on any atom is 0.305 e. The van der Waals surface area contributed by atoms with E-state index in [-0.39, 0.29) is 18.8 Å². The van der Waals surface area contributed by atoms with E-state index >= 15 is 0 Å². The summed E-state index contributed by atoms with van der Waals surface area (Å²) in [6.45, 7) is 2.13. The van der Waals surface area contributed by atoms with Crippen molar-refractivity contribution < 1.29 is 19.7 Å². The van der Waals surface area contributed by atoms with E-state index in [9.17, 15) is 19.9 Å². The number of aliphatic hydroxyl groups is 2. The van der Waals surface area contributed by atoms with Gasteiger partial charge in [-0.2, -0.15) is 4.91 Å². The first-order valence-electron chi connectivity index (χ1n) is 10.2. The summed E-state index contributed by atoms with van der Waals surface area (Å²) >= 11 is 0. The minimum atomic E-state index is -0.962. The molecular weight excluding hydrogens is 370 g/mol. The van der Waals surface area contributed by atoms with Crippen LogP contribution in [0.25, 0.3) is 12.2 Å². The van der Waals surface area contributed by atoms with Gasteiger partial charge >= 0.3 is 5.97 Å². The Balaban J connectivity index is 2.71. The van der Waals surface area contributed by atoms with Crippen LogP contribution in [0, 0.1) is 4.91 Å². The third kappa shape index (κ3) is 10.1. The third-order valence-electron chi connectivity index (χ3n) is 4.69. The van der Waals surface area contributed by atoms with Crippen LogP contribution < -0.4 is 0 Å². The summed E-state index contributed by atoms with van der Waals surface area (Å²) in [4.78, 5) is 22.3. The summed E-state index contributed by atoms with van der Waals surface area (Å²) in [7, 11) is 1.31. The minimum absolute atomic E-state index is 0.192. The third-order valence-corrected chi connectivity index (χ3v) is 4.69. The van der Waals surface area contributed by atoms with E-state index in [1.807, 2.05) is 30.3 Å². The number of methoxy groups -OCH3 is 1. The quantitative estimate of drug-likeness (QED) is 0.271. The SMILES string of the molecule is CCCCCC(O)/C=C/c1ccccc1/C=C/C(N=O)C(O)CCCC(=O)OC. The van der Waals surface area contributed by atoms with Crippen molar-refractivity contribution in [3.05, 3.63) is 52.5 Å². The number of carbonyl (C=O) groups excluding carboxylic acids is 1. The molecule has 3 atom stereocenters. The number of unbranched alkanes of at least 4 members (excludes halogenated alkanes) is 2. The van der Waals surface area contributed by atoms with Crippen molar-refractivity contribution >= 4 is 18.1 Å². The first-order valence-corrected chi connectivity index (χ1v) is 10.2. The van der Waals surface area contributed by atoms with Crippen LogP contribution in [0.3, 0.4) is 0 Å². The van der Waals surface area contributed by atoms with Gasteiger partial charge in [-0.25, -0.2) is 0 Å². The van der Waals surface area contributed by atoms with Gasteiger partial charge in [0.2, 0.25) is 0 Å². The summed E-state index contributed by atoms with van der Waals surface area (Å²) in [5.41, 5.74) is 1.77. The van der Waals surface area contributed by atoms with Crippen LogP contribution in [0.4, 0.5) is 0 Å². The number of aliphatic hydroxyl groups excluding tert-OH is 2. The van der Waals surface area contributed by atoms with Gasteiger partial charge in [0, 0.05) is 6.42 Å². The Hall–Kier alpha value is -2.31. The lowest BCUT2D eigenvalue weighted by atomic mass is 10.0. The molecule has 0 heterocycles. The van der Waals surface area contributed by atoms with Crippen LogP contribution in [0.2, 0.25) is 0 Å². The maximum absolute atomic E-state index is 11.1. The Kier molecular flexibility index (Phi) is 12.5. The van der Waals surface area contributed by atoms with Gasteiger partial charge in [0.15, 0.2) is 0 Å². The molecule has 6 heteroatoms. The number of hydrogen-bond acceptors (Lipinski definition) is 6. The number of esters is 1. The zero-order valence-electron chi connectivity index (χ0n) is 17.4. The van der Waals surface area contributed by atoms with Gasteiger partial charge in [0.1, 0.15) is 6.04 Å². The number of benzene rings is 1. The van der Waals surface area contributed by atoms with Crippen LogP contribution in [0.15, 0.2) is 41.6 Å². The summed E-state index contributed by atoms with van der Waals surface area (Å²) in [6.07, 6.45) is 10.3. The van der Waals surface area contributed by atoms with E-state index in [4.69, 9.17) is 0 Å². The first-order chi connectivity index (χ1) is 14.0. The highest BCUT2D eigenvalue weighted by atomic mass is 16.5. The van der Waals surface area contributed by atoms with E-state index in [2.05, 4.69) is 16.8 Å². The molecular formula is C23H33NO5. The van der Waals surface area contributed by atoms with Crippen LogP contribution >= 0.6 is 0 Å². The topological polar surface area (TPSA) is 96.2 Å². The van der Waals surface area contributed by atoms with Gasteiger partial charge < -0.3 is 14.9 Å². The number of nitrogens with zero attached hydrogens (tertiary/aromatic N) is 1. The molecule has 0 fully saturated rings. The smallest absolute Gasteiger partial charge is 0.305 e. The summed E-state index contributed by atoms with van der Waals surface area (Å²) in [6, 6.07) is 6.70. The minimum Gasteiger partial charge on any atom is -0.469 e. The van der Waals surface area contributed by atoms with Crippen molar-refractivity contribution in [1.29, 1.82) is 0 Å². The average molecular weight is 404 g/mol. The van der Waals surface area contributed by atoms with Gasteiger partial charge in [0.25, 0.3) is 0 Å². The van der Waals surface area contributed by atoms with E-state index < -0.39 is 18.2 Å². The second-order valence-corrected chi connectivity index (χ2v) is 7.04. The number of nitroso groups, excluding NO2 is 1. The largest absolute Gasteiger partial charge is 0.469 e. The Labute approximate surface area is 173 Å². The van der Waals surface area contributed by atoms with E-state index in [0.717, 1.165) is 36.8 Å². The standard InChI is InChI=1S/C23H33NO5/c1-3-4-5-11-20(25)16-14-18-9-6-7-10-19(18)15-17-21(24-28)22(26)12-8-13-23(27)29-2/h6-7,9-10,14-17,20-22,25-26H,3-5,8,11-13H2,1-2H3/b16-14+,17-15+. The Morgan fingerprint density at radius 3 is 2.31 bits per heavy atom. The fourth-order valence-electron chi connectivity index (χ4n) is 2.89. The van der Waals surface area contributed by atoms with Crippen molar-refractivity contribution in [3.63, 3.8) is 0 Å². The highest BCUT2D eigenvalue weighted by Crippen LogP contribution is 2.17. The van der Waals surface area contributed by atoms with Crippen molar-refractivity contribution in [2.24, 2.45) is 5.18 Å². The Morgan fingerprint density at radius 2 is 1.72 bits per heavy atom. The average Bonchev–Trinajstić information content (AvgIpc) is 2.73. The molecule has 0 radical (unpaired) electrons. The molecule has 0 saturated carbocycles. The number of hydrogen-bond donors (Lipinski definition) is 2. The lowest BCUT2D eigenvalue weighted by Crippen LogP contribution is -2.22. The molecule has 6 nitrogen and oxygen atoms in total. The van der Waals surface area contributed by atoms with Gasteiger partial charge in [-0.15, -0.1) is 0 Å². The molecule has 0 aliphatic heterocycles. The highest BCUT2D eigenvalue weighted by molar-refractivity contribution is 5.69. The lowest BCUT2D eigenvalue weighted by molar-refractivity contribution is -0.140. The predicted molar refractivity (Wildman–Crippen MR) is 116 cm³/mol. The van der Waals surface area contributed by atoms with Gasteiger partial charge in [-0.3, -0.25) is 4.79 Å². The van der Waals surface area contributed by atoms with Crippen molar-refractivity contribution in [3.8, 4) is 0 Å². The highest BCUT2D eigenvalue weighted by Gasteiger charge is 2.17. The summed E-state index contributed by atoms with van der Waals surface area (Å²) in [5.74, 6) is -0.346. The molecule has 0 bridgehead atoms. The Bertz CT molecular complexity index is 671. The molecule has 0 aliphatic rings. The van der Waals surface area contributed by atoms with Crippen LogP contribution in [-0.2, 0) is 9.53 Å². The lowest BCUT2D eigenvalue weighted by Gasteiger charge is -2.13. The zero-order valence-corrected chi connectivity index (χ0v) is 17.4. The van der Waals surface area contributed by atoms with Crippen LogP contribution in [0.5, 0.6) is 0 Å². The molecule has 160 valence electrons. The fraction of sp³-hybridized carbons (Fsp3) is 0.522. The number of rotatable bonds is 14. The Morgan fingerprint density at radius 1 is 1.07 bits per heavy atom. The molecule has 0 saturated heterocycles. The predicted octanol–water partition coefficient (Wildman–Crippen LogP) is 4.49. The zero-order chi connectivity index (χ0) is 21.5. The fourth-order valence-corrected chi connectivity index (χ4v) is 2.89. The molecule has 1 aromatic rings. The van der Waals surface area contributed by atoms with Crippen molar-refractivity contribution in [2.75, 3.05) is 7.11 Å². The molecule has 2 N–H and O–H groups in total.